The summed E-state index contributed by atoms with van der Waals surface area (Å²) in [5, 5.41) is 3.91. The Balaban J connectivity index is 1.50. The minimum absolute atomic E-state index is 0.366. The molecule has 1 N–H and O–H groups in total. The molecule has 1 saturated carbocycles. The lowest BCUT2D eigenvalue weighted by molar-refractivity contribution is 0.302. The van der Waals surface area contributed by atoms with Gasteiger partial charge in [0.05, 0.1) is 18.0 Å². The Kier molecular flexibility index (Phi) is 4.19. The predicted octanol–water partition coefficient (Wildman–Crippen LogP) is 3.35. The molecule has 8 heteroatoms. The highest BCUT2D eigenvalue weighted by Crippen LogP contribution is 2.29. The number of hydrogen-bond acceptors (Lipinski definition) is 8. The van der Waals surface area contributed by atoms with E-state index in [1.807, 2.05) is 43.3 Å². The van der Waals surface area contributed by atoms with Crippen LogP contribution in [0.2, 0.25) is 0 Å². The van der Waals surface area contributed by atoms with Gasteiger partial charge >= 0.3 is 0 Å². The molecule has 128 valence electrons. The van der Waals surface area contributed by atoms with E-state index < -0.39 is 0 Å². The van der Waals surface area contributed by atoms with E-state index in [4.69, 9.17) is 4.74 Å². The molecule has 1 aliphatic rings. The van der Waals surface area contributed by atoms with Crippen LogP contribution in [0.5, 0.6) is 5.75 Å². The molecule has 3 aromatic heterocycles. The lowest BCUT2D eigenvalue weighted by atomic mass is 10.3. The van der Waals surface area contributed by atoms with Gasteiger partial charge in [-0.3, -0.25) is 0 Å². The van der Waals surface area contributed by atoms with Crippen molar-refractivity contribution in [3.05, 3.63) is 36.7 Å². The molecule has 0 atom stereocenters. The molecule has 0 spiro atoms. The summed E-state index contributed by atoms with van der Waals surface area (Å²) in [4.78, 5) is 15.3. The molecule has 1 fully saturated rings. The molecule has 3 heterocycles. The number of nitrogens with zero attached hydrogens (tertiary/aromatic N) is 5. The molecule has 0 unspecified atom stereocenters. The number of anilines is 3. The van der Waals surface area contributed by atoms with Crippen LogP contribution >= 0.6 is 11.5 Å². The van der Waals surface area contributed by atoms with E-state index in [1.165, 1.54) is 11.5 Å². The van der Waals surface area contributed by atoms with Crippen LogP contribution in [0.25, 0.3) is 11.5 Å². The first-order chi connectivity index (χ1) is 12.2. The van der Waals surface area contributed by atoms with Crippen LogP contribution in [0.1, 0.15) is 12.8 Å². The van der Waals surface area contributed by atoms with Crippen LogP contribution < -0.4 is 15.0 Å². The van der Waals surface area contributed by atoms with Gasteiger partial charge in [-0.15, -0.1) is 0 Å². The monoisotopic (exact) mass is 354 g/mol. The van der Waals surface area contributed by atoms with Crippen LogP contribution in [0.15, 0.2) is 36.7 Å². The maximum Gasteiger partial charge on any atom is 0.208 e. The third-order valence-electron chi connectivity index (χ3n) is 3.71. The molecule has 0 aliphatic heterocycles. The fourth-order valence-electron chi connectivity index (χ4n) is 2.29. The summed E-state index contributed by atoms with van der Waals surface area (Å²) >= 11 is 1.28. The number of pyridine rings is 2. The molecule has 25 heavy (non-hydrogen) atoms. The number of rotatable bonds is 6. The van der Waals surface area contributed by atoms with Crippen molar-refractivity contribution in [2.24, 2.45) is 0 Å². The highest BCUT2D eigenvalue weighted by Gasteiger charge is 2.23. The summed E-state index contributed by atoms with van der Waals surface area (Å²) in [5.41, 5.74) is 1.71. The van der Waals surface area contributed by atoms with Crippen molar-refractivity contribution in [1.29, 1.82) is 0 Å². The van der Waals surface area contributed by atoms with Gasteiger partial charge < -0.3 is 15.0 Å². The minimum atomic E-state index is 0.366. The summed E-state index contributed by atoms with van der Waals surface area (Å²) in [6, 6.07) is 7.70. The van der Waals surface area contributed by atoms with Crippen molar-refractivity contribution in [1.82, 2.24) is 19.3 Å². The molecule has 0 radical (unpaired) electrons. The van der Waals surface area contributed by atoms with Gasteiger partial charge in [0.2, 0.25) is 5.13 Å². The summed E-state index contributed by atoms with van der Waals surface area (Å²) in [7, 11) is 3.95. The van der Waals surface area contributed by atoms with Crippen molar-refractivity contribution in [3.63, 3.8) is 0 Å². The largest absolute Gasteiger partial charge is 0.489 e. The number of hydrogen-bond donors (Lipinski definition) is 1. The fraction of sp³-hybridized carbons (Fsp3) is 0.294. The second-order valence-electron chi connectivity index (χ2n) is 6.01. The predicted molar refractivity (Wildman–Crippen MR) is 98.6 cm³/mol. The Labute approximate surface area is 149 Å². The van der Waals surface area contributed by atoms with Crippen LogP contribution in [0, 0.1) is 0 Å². The van der Waals surface area contributed by atoms with Gasteiger partial charge in [-0.05, 0) is 37.1 Å². The van der Waals surface area contributed by atoms with Crippen LogP contribution in [0.3, 0.4) is 0 Å². The summed E-state index contributed by atoms with van der Waals surface area (Å²) in [6.07, 6.45) is 6.10. The third kappa shape index (κ3) is 3.69. The lowest BCUT2D eigenvalue weighted by Crippen LogP contribution is -2.11. The van der Waals surface area contributed by atoms with E-state index in [0.29, 0.717) is 17.1 Å². The minimum Gasteiger partial charge on any atom is -0.489 e. The topological polar surface area (TPSA) is 76.1 Å². The Bertz CT molecular complexity index is 860. The number of aromatic nitrogens is 4. The lowest BCUT2D eigenvalue weighted by Gasteiger charge is -2.15. The molecule has 0 saturated heterocycles. The van der Waals surface area contributed by atoms with Gasteiger partial charge in [-0.1, -0.05) is 0 Å². The van der Waals surface area contributed by atoms with E-state index in [-0.39, 0.29) is 0 Å². The standard InChI is InChI=1S/C17H18N6OS/c1-23(2)14-4-3-9-18-16(14)21-17-20-15(22-25-17)13-8-7-12(10-19-13)24-11-5-6-11/h3-4,7-11H,5-6H2,1-2H3,(H,18,20,21,22). The van der Waals surface area contributed by atoms with Crippen LogP contribution in [-0.4, -0.2) is 39.5 Å². The summed E-state index contributed by atoms with van der Waals surface area (Å²) in [5.74, 6) is 2.13. The maximum absolute atomic E-state index is 5.71. The second kappa shape index (κ2) is 6.64. The Morgan fingerprint density at radius 3 is 2.80 bits per heavy atom. The van der Waals surface area contributed by atoms with Gasteiger partial charge in [0, 0.05) is 31.8 Å². The average Bonchev–Trinajstić information content (AvgIpc) is 3.31. The normalized spacial score (nSPS) is 13.5. The zero-order valence-corrected chi connectivity index (χ0v) is 14.8. The summed E-state index contributed by atoms with van der Waals surface area (Å²) in [6.45, 7) is 0. The zero-order valence-electron chi connectivity index (χ0n) is 14.0. The van der Waals surface area contributed by atoms with Crippen LogP contribution in [-0.2, 0) is 0 Å². The second-order valence-corrected chi connectivity index (χ2v) is 6.76. The molecular weight excluding hydrogens is 336 g/mol. The Morgan fingerprint density at radius 1 is 1.20 bits per heavy atom. The quantitative estimate of drug-likeness (QED) is 0.727. The highest BCUT2D eigenvalue weighted by atomic mass is 32.1. The number of ether oxygens (including phenoxy) is 1. The molecule has 3 aromatic rings. The third-order valence-corrected chi connectivity index (χ3v) is 4.34. The first-order valence-electron chi connectivity index (χ1n) is 8.05. The fourth-order valence-corrected chi connectivity index (χ4v) is 2.87. The average molecular weight is 354 g/mol. The van der Waals surface area contributed by atoms with E-state index in [1.54, 1.807) is 12.4 Å². The Morgan fingerprint density at radius 2 is 2.08 bits per heavy atom. The van der Waals surface area contributed by atoms with Gasteiger partial charge in [0.25, 0.3) is 0 Å². The first-order valence-corrected chi connectivity index (χ1v) is 8.82. The van der Waals surface area contributed by atoms with Crippen molar-refractivity contribution in [2.45, 2.75) is 18.9 Å². The van der Waals surface area contributed by atoms with E-state index >= 15 is 0 Å². The first kappa shape index (κ1) is 15.8. The van der Waals surface area contributed by atoms with E-state index in [0.717, 1.165) is 35.8 Å². The van der Waals surface area contributed by atoms with Crippen molar-refractivity contribution in [2.75, 3.05) is 24.3 Å². The van der Waals surface area contributed by atoms with Crippen molar-refractivity contribution < 1.29 is 4.74 Å². The molecule has 0 aromatic carbocycles. The van der Waals surface area contributed by atoms with Gasteiger partial charge in [-0.2, -0.15) is 9.36 Å². The molecule has 1 aliphatic carbocycles. The number of nitrogens with one attached hydrogen (secondary N) is 1. The SMILES string of the molecule is CN(C)c1cccnc1Nc1nc(-c2ccc(OC3CC3)cn2)ns1. The maximum atomic E-state index is 5.71. The molecule has 7 nitrogen and oxygen atoms in total. The van der Waals surface area contributed by atoms with Gasteiger partial charge in [-0.25, -0.2) is 9.97 Å². The smallest absolute Gasteiger partial charge is 0.208 e. The van der Waals surface area contributed by atoms with Gasteiger partial charge in [0.1, 0.15) is 11.4 Å². The van der Waals surface area contributed by atoms with E-state index in [2.05, 4.69) is 24.6 Å². The molecular formula is C17H18N6OS. The molecule has 4 rings (SSSR count). The van der Waals surface area contributed by atoms with Crippen LogP contribution in [0.4, 0.5) is 16.6 Å². The zero-order chi connectivity index (χ0) is 17.2. The van der Waals surface area contributed by atoms with Crippen molar-refractivity contribution >= 4 is 28.2 Å². The Hall–Kier alpha value is -2.74. The van der Waals surface area contributed by atoms with Crippen molar-refractivity contribution in [3.8, 4) is 17.3 Å². The van der Waals surface area contributed by atoms with Gasteiger partial charge in [0.15, 0.2) is 11.6 Å². The molecule has 0 bridgehead atoms. The summed E-state index contributed by atoms with van der Waals surface area (Å²) < 4.78 is 10.1. The van der Waals surface area contributed by atoms with E-state index in [9.17, 15) is 0 Å². The molecule has 0 amide bonds. The highest BCUT2D eigenvalue weighted by molar-refractivity contribution is 7.09.